The molecule has 16 heteroatoms. The van der Waals surface area contributed by atoms with Crippen LogP contribution in [0.3, 0.4) is 0 Å². The smallest absolute Gasteiger partial charge is 0.349 e. The van der Waals surface area contributed by atoms with Crippen LogP contribution in [0.15, 0.2) is 23.3 Å². The Morgan fingerprint density at radius 2 is 1.68 bits per heavy atom. The molecule has 0 bridgehead atoms. The van der Waals surface area contributed by atoms with Crippen LogP contribution in [-0.4, -0.2) is 75.9 Å². The van der Waals surface area contributed by atoms with Crippen LogP contribution in [0.4, 0.5) is 42.5 Å². The van der Waals surface area contributed by atoms with Crippen molar-refractivity contribution < 1.29 is 35.5 Å². The first-order chi connectivity index (χ1) is 17.3. The first-order valence-corrected chi connectivity index (χ1v) is 11.3. The minimum Gasteiger partial charge on any atom is -0.349 e. The van der Waals surface area contributed by atoms with Crippen molar-refractivity contribution >= 4 is 17.7 Å². The zero-order valence-electron chi connectivity index (χ0n) is 19.2. The van der Waals surface area contributed by atoms with E-state index >= 15 is 0 Å². The molecule has 2 saturated heterocycles. The normalized spacial score (nSPS) is 21.0. The summed E-state index contributed by atoms with van der Waals surface area (Å²) in [6.45, 7) is 0.891. The van der Waals surface area contributed by atoms with Crippen molar-refractivity contribution in [1.29, 1.82) is 0 Å². The van der Waals surface area contributed by atoms with Crippen molar-refractivity contribution in [3.63, 3.8) is 0 Å². The largest absolute Gasteiger partial charge is 0.421 e. The predicted octanol–water partition coefficient (Wildman–Crippen LogP) is 2.64. The molecule has 0 unspecified atom stereocenters. The van der Waals surface area contributed by atoms with Crippen LogP contribution in [-0.2, 0) is 17.1 Å². The summed E-state index contributed by atoms with van der Waals surface area (Å²) in [7, 11) is 0. The number of hydrogen-bond acceptors (Lipinski definition) is 7. The lowest BCUT2D eigenvalue weighted by atomic mass is 10.1. The quantitative estimate of drug-likeness (QED) is 0.586. The van der Waals surface area contributed by atoms with Gasteiger partial charge in [0.15, 0.2) is 0 Å². The van der Waals surface area contributed by atoms with E-state index in [9.17, 15) is 40.3 Å². The van der Waals surface area contributed by atoms with Gasteiger partial charge >= 0.3 is 12.4 Å². The second-order valence-corrected chi connectivity index (χ2v) is 8.78. The van der Waals surface area contributed by atoms with E-state index in [4.69, 9.17) is 0 Å². The number of alkyl halides is 7. The Morgan fingerprint density at radius 3 is 2.27 bits per heavy atom. The molecule has 202 valence electrons. The van der Waals surface area contributed by atoms with Crippen molar-refractivity contribution in [3.05, 3.63) is 39.9 Å². The Labute approximate surface area is 205 Å². The average Bonchev–Trinajstić information content (AvgIpc) is 3.22. The molecule has 9 nitrogen and oxygen atoms in total. The number of nitrogens with zero attached hydrogens (tertiary/aromatic N) is 6. The third kappa shape index (κ3) is 6.10. The number of rotatable bonds is 5. The van der Waals surface area contributed by atoms with Gasteiger partial charge in [-0.2, -0.15) is 31.4 Å². The average molecular weight is 537 g/mol. The zero-order chi connectivity index (χ0) is 27.0. The third-order valence-corrected chi connectivity index (χ3v) is 6.33. The standard InChI is InChI=1S/C21H22F7N7O2/c22-13-7-14(35(11-13)16-8-15(21(26,27)28)18(37)32-31-16)1-2-17(36)33-3-5-34(6-4-33)19-29-9-12(10-30-19)20(23,24)25/h8-10,13-14H,1-7,11H2,(H,32,37)/t13-,14+/m0/s1. The van der Waals surface area contributed by atoms with Gasteiger partial charge in [-0.1, -0.05) is 0 Å². The molecule has 0 spiro atoms. The molecule has 2 aromatic rings. The number of piperazine rings is 1. The van der Waals surface area contributed by atoms with Gasteiger partial charge in [0.1, 0.15) is 17.6 Å². The zero-order valence-corrected chi connectivity index (χ0v) is 19.2. The van der Waals surface area contributed by atoms with Gasteiger partial charge in [-0.25, -0.2) is 19.5 Å². The lowest BCUT2D eigenvalue weighted by Gasteiger charge is -2.35. The van der Waals surface area contributed by atoms with E-state index in [1.54, 1.807) is 14.9 Å². The molecule has 2 aromatic heterocycles. The SMILES string of the molecule is O=C(CC[C@@H]1C[C@H](F)CN1c1cc(C(F)(F)F)c(=O)[nH]n1)N1CCN(c2ncc(C(F)(F)F)cn2)CC1. The minimum atomic E-state index is -4.90. The summed E-state index contributed by atoms with van der Waals surface area (Å²) in [5, 5.41) is 5.44. The number of hydrogen-bond donors (Lipinski definition) is 1. The molecule has 0 aromatic carbocycles. The maximum Gasteiger partial charge on any atom is 0.421 e. The monoisotopic (exact) mass is 537 g/mol. The summed E-state index contributed by atoms with van der Waals surface area (Å²) in [6, 6.07) is -0.0194. The highest BCUT2D eigenvalue weighted by molar-refractivity contribution is 5.76. The van der Waals surface area contributed by atoms with E-state index in [1.807, 2.05) is 0 Å². The molecule has 0 radical (unpaired) electrons. The topological polar surface area (TPSA) is 98.3 Å². The van der Waals surface area contributed by atoms with Crippen LogP contribution >= 0.6 is 0 Å². The molecule has 0 aliphatic carbocycles. The Morgan fingerprint density at radius 1 is 1.03 bits per heavy atom. The van der Waals surface area contributed by atoms with E-state index < -0.39 is 41.3 Å². The molecule has 4 rings (SSSR count). The summed E-state index contributed by atoms with van der Waals surface area (Å²) in [5.74, 6) is -0.363. The molecule has 37 heavy (non-hydrogen) atoms. The number of anilines is 2. The van der Waals surface area contributed by atoms with Crippen molar-refractivity contribution in [3.8, 4) is 0 Å². The van der Waals surface area contributed by atoms with E-state index in [0.29, 0.717) is 31.5 Å². The first kappa shape index (κ1) is 26.6. The van der Waals surface area contributed by atoms with E-state index in [-0.39, 0.29) is 56.6 Å². The van der Waals surface area contributed by atoms with Crippen molar-refractivity contribution in [1.82, 2.24) is 25.1 Å². The number of aromatic amines is 1. The molecule has 2 aliphatic rings. The molecule has 1 amide bonds. The molecule has 2 fully saturated rings. The highest BCUT2D eigenvalue weighted by Crippen LogP contribution is 2.32. The Kier molecular flexibility index (Phi) is 7.28. The maximum atomic E-state index is 14.2. The van der Waals surface area contributed by atoms with Gasteiger partial charge in [0.25, 0.3) is 5.56 Å². The highest BCUT2D eigenvalue weighted by Gasteiger charge is 2.38. The van der Waals surface area contributed by atoms with E-state index in [0.717, 1.165) is 0 Å². The summed E-state index contributed by atoms with van der Waals surface area (Å²) >= 11 is 0. The van der Waals surface area contributed by atoms with Crippen molar-refractivity contribution in [2.75, 3.05) is 42.5 Å². The van der Waals surface area contributed by atoms with Gasteiger partial charge in [-0.3, -0.25) is 9.59 Å². The van der Waals surface area contributed by atoms with Gasteiger partial charge in [0, 0.05) is 63.5 Å². The molecule has 0 saturated carbocycles. The summed E-state index contributed by atoms with van der Waals surface area (Å²) < 4.78 is 91.5. The second-order valence-electron chi connectivity index (χ2n) is 8.78. The third-order valence-electron chi connectivity index (χ3n) is 6.33. The summed E-state index contributed by atoms with van der Waals surface area (Å²) in [6.07, 6.45) is -9.25. The van der Waals surface area contributed by atoms with Crippen LogP contribution in [0.1, 0.15) is 30.4 Å². The van der Waals surface area contributed by atoms with Gasteiger partial charge in [-0.15, -0.1) is 0 Å². The van der Waals surface area contributed by atoms with Gasteiger partial charge < -0.3 is 14.7 Å². The van der Waals surface area contributed by atoms with Crippen molar-refractivity contribution in [2.45, 2.75) is 43.8 Å². The molecule has 4 heterocycles. The van der Waals surface area contributed by atoms with E-state index in [2.05, 4.69) is 15.1 Å². The fourth-order valence-electron chi connectivity index (χ4n) is 4.40. The lowest BCUT2D eigenvalue weighted by molar-refractivity contribution is -0.139. The number of H-pyrrole nitrogens is 1. The van der Waals surface area contributed by atoms with Crippen LogP contribution in [0, 0.1) is 0 Å². The number of carbonyl (C=O) groups excluding carboxylic acids is 1. The van der Waals surface area contributed by atoms with Gasteiger partial charge in [0.2, 0.25) is 11.9 Å². The number of halogens is 7. The minimum absolute atomic E-state index is 0.000147. The summed E-state index contributed by atoms with van der Waals surface area (Å²) in [4.78, 5) is 36.3. The van der Waals surface area contributed by atoms with E-state index in [1.165, 1.54) is 4.90 Å². The highest BCUT2D eigenvalue weighted by atomic mass is 19.4. The second kappa shape index (κ2) is 10.1. The fourth-order valence-corrected chi connectivity index (χ4v) is 4.40. The Balaban J connectivity index is 1.33. The first-order valence-electron chi connectivity index (χ1n) is 11.3. The van der Waals surface area contributed by atoms with Crippen molar-refractivity contribution in [2.24, 2.45) is 0 Å². The molecular weight excluding hydrogens is 515 g/mol. The summed E-state index contributed by atoms with van der Waals surface area (Å²) in [5.41, 5.74) is -3.81. The molecule has 2 aliphatic heterocycles. The number of aromatic nitrogens is 4. The maximum absolute atomic E-state index is 14.2. The Hall–Kier alpha value is -3.46. The van der Waals surface area contributed by atoms with Crippen LogP contribution in [0.2, 0.25) is 0 Å². The van der Waals surface area contributed by atoms with Gasteiger partial charge in [-0.05, 0) is 6.42 Å². The fraction of sp³-hybridized carbons (Fsp3) is 0.571. The number of carbonyl (C=O) groups is 1. The molecule has 2 atom stereocenters. The molecule has 1 N–H and O–H groups in total. The van der Waals surface area contributed by atoms with Gasteiger partial charge in [0.05, 0.1) is 12.1 Å². The number of nitrogens with one attached hydrogen (secondary N) is 1. The predicted molar refractivity (Wildman–Crippen MR) is 116 cm³/mol. The van der Waals surface area contributed by atoms with Crippen LogP contribution in [0.25, 0.3) is 0 Å². The number of amides is 1. The van der Waals surface area contributed by atoms with Crippen LogP contribution < -0.4 is 15.4 Å². The molecular formula is C21H22F7N7O2. The Bertz CT molecular complexity index is 1160. The lowest BCUT2D eigenvalue weighted by Crippen LogP contribution is -2.49. The van der Waals surface area contributed by atoms with Crippen LogP contribution in [0.5, 0.6) is 0 Å².